The van der Waals surface area contributed by atoms with E-state index in [1.807, 2.05) is 38.1 Å². The van der Waals surface area contributed by atoms with Crippen LogP contribution in [-0.4, -0.2) is 12.5 Å². The largest absolute Gasteiger partial charge is 0.493 e. The van der Waals surface area contributed by atoms with Gasteiger partial charge in [0.25, 0.3) is 0 Å². The summed E-state index contributed by atoms with van der Waals surface area (Å²) in [6.07, 6.45) is 2.03. The number of ether oxygens (including phenoxy) is 1. The quantitative estimate of drug-likeness (QED) is 0.897. The van der Waals surface area contributed by atoms with Crippen LogP contribution in [0.25, 0.3) is 16.8 Å². The van der Waals surface area contributed by atoms with Gasteiger partial charge >= 0.3 is 0 Å². The minimum atomic E-state index is -0.562. The molecule has 0 unspecified atom stereocenters. The van der Waals surface area contributed by atoms with Crippen LogP contribution in [0.2, 0.25) is 0 Å². The summed E-state index contributed by atoms with van der Waals surface area (Å²) in [6.45, 7) is 8.79. The lowest BCUT2D eigenvalue weighted by molar-refractivity contribution is -0.125. The molecule has 2 aromatic rings. The molecule has 1 fully saturated rings. The van der Waals surface area contributed by atoms with Gasteiger partial charge in [-0.1, -0.05) is 44.2 Å². The Hall–Kier alpha value is -2.49. The molecular weight excluding hydrogens is 300 g/mol. The Labute approximate surface area is 142 Å². The molecule has 0 radical (unpaired) electrons. The minimum Gasteiger partial charge on any atom is -0.493 e. The van der Waals surface area contributed by atoms with E-state index in [0.29, 0.717) is 12.5 Å². The smallest absolute Gasteiger partial charge is 0.249 e. The highest BCUT2D eigenvalue weighted by atomic mass is 16.5. The van der Waals surface area contributed by atoms with Crippen LogP contribution in [0.3, 0.4) is 0 Å². The van der Waals surface area contributed by atoms with Gasteiger partial charge in [0.2, 0.25) is 5.91 Å². The summed E-state index contributed by atoms with van der Waals surface area (Å²) < 4.78 is 5.96. The molecule has 0 aromatic heterocycles. The third-order valence-electron chi connectivity index (χ3n) is 4.34. The number of benzene rings is 2. The van der Waals surface area contributed by atoms with Crippen LogP contribution < -0.4 is 15.6 Å². The minimum absolute atomic E-state index is 0.0186. The van der Waals surface area contributed by atoms with Crippen molar-refractivity contribution in [3.8, 4) is 5.75 Å². The molecule has 2 aromatic carbocycles. The van der Waals surface area contributed by atoms with Crippen molar-refractivity contribution in [2.45, 2.75) is 27.7 Å². The van der Waals surface area contributed by atoms with Gasteiger partial charge in [-0.15, -0.1) is 0 Å². The molecule has 0 saturated carbocycles. The standard InChI is InChI=1S/C20H24N2O2/c1-13(2)12-24-17-10-6-8-15-14(7-5-9-16(15)17)11-18-20(3,4)19(23)22-21-18/h5-11,13,21H,12H2,1-4H3,(H,22,23)/b18-11-. The van der Waals surface area contributed by atoms with E-state index in [1.54, 1.807) is 0 Å². The molecule has 1 aliphatic heterocycles. The molecule has 2 N–H and O–H groups in total. The van der Waals surface area contributed by atoms with Crippen LogP contribution >= 0.6 is 0 Å². The Morgan fingerprint density at radius 3 is 2.46 bits per heavy atom. The van der Waals surface area contributed by atoms with E-state index in [-0.39, 0.29) is 5.91 Å². The Balaban J connectivity index is 2.04. The number of fused-ring (bicyclic) bond motifs is 1. The highest BCUT2D eigenvalue weighted by molar-refractivity contribution is 5.96. The lowest BCUT2D eigenvalue weighted by atomic mass is 9.88. The van der Waals surface area contributed by atoms with Gasteiger partial charge in [-0.3, -0.25) is 10.2 Å². The van der Waals surface area contributed by atoms with Crippen molar-refractivity contribution in [3.05, 3.63) is 47.7 Å². The summed E-state index contributed by atoms with van der Waals surface area (Å²) in [6, 6.07) is 12.3. The summed E-state index contributed by atoms with van der Waals surface area (Å²) in [5.41, 5.74) is 7.06. The zero-order chi connectivity index (χ0) is 17.3. The van der Waals surface area contributed by atoms with E-state index in [9.17, 15) is 4.79 Å². The fourth-order valence-corrected chi connectivity index (χ4v) is 2.74. The second kappa shape index (κ2) is 6.19. The zero-order valence-corrected chi connectivity index (χ0v) is 14.6. The van der Waals surface area contributed by atoms with Gasteiger partial charge in [-0.25, -0.2) is 0 Å². The molecule has 1 saturated heterocycles. The first-order valence-corrected chi connectivity index (χ1v) is 8.33. The Kier molecular flexibility index (Phi) is 4.22. The Bertz CT molecular complexity index is 806. The number of rotatable bonds is 4. The van der Waals surface area contributed by atoms with Crippen LogP contribution in [0.15, 0.2) is 42.1 Å². The Morgan fingerprint density at radius 1 is 1.08 bits per heavy atom. The molecule has 1 amide bonds. The third-order valence-corrected chi connectivity index (χ3v) is 4.34. The number of hydrogen-bond donors (Lipinski definition) is 2. The molecule has 0 aliphatic carbocycles. The van der Waals surface area contributed by atoms with Crippen LogP contribution in [-0.2, 0) is 4.79 Å². The van der Waals surface area contributed by atoms with Crippen LogP contribution in [0.1, 0.15) is 33.3 Å². The monoisotopic (exact) mass is 324 g/mol. The SMILES string of the molecule is CC(C)COc1cccc2c(/C=C3\NNC(=O)C3(C)C)cccc12. The highest BCUT2D eigenvalue weighted by Gasteiger charge is 2.37. The van der Waals surface area contributed by atoms with Gasteiger partial charge in [0.1, 0.15) is 5.75 Å². The molecule has 0 bridgehead atoms. The number of amides is 1. The summed E-state index contributed by atoms with van der Waals surface area (Å²) in [7, 11) is 0. The van der Waals surface area contributed by atoms with Crippen molar-refractivity contribution in [1.82, 2.24) is 10.9 Å². The first-order chi connectivity index (χ1) is 11.4. The first-order valence-electron chi connectivity index (χ1n) is 8.33. The number of carbonyl (C=O) groups is 1. The first kappa shape index (κ1) is 16.4. The maximum absolute atomic E-state index is 11.9. The second-order valence-electron chi connectivity index (χ2n) is 7.17. The van der Waals surface area contributed by atoms with Gasteiger partial charge < -0.3 is 10.2 Å². The van der Waals surface area contributed by atoms with E-state index in [2.05, 4.69) is 42.9 Å². The van der Waals surface area contributed by atoms with Crippen LogP contribution in [0, 0.1) is 11.3 Å². The maximum atomic E-state index is 11.9. The van der Waals surface area contributed by atoms with Crippen LogP contribution in [0.4, 0.5) is 0 Å². The molecule has 126 valence electrons. The third kappa shape index (κ3) is 2.96. The van der Waals surface area contributed by atoms with Crippen molar-refractivity contribution >= 4 is 22.8 Å². The molecule has 4 nitrogen and oxygen atoms in total. The van der Waals surface area contributed by atoms with Gasteiger partial charge in [0, 0.05) is 11.1 Å². The highest BCUT2D eigenvalue weighted by Crippen LogP contribution is 2.33. The predicted octanol–water partition coefficient (Wildman–Crippen LogP) is 3.88. The molecule has 1 heterocycles. The number of hydrazine groups is 1. The zero-order valence-electron chi connectivity index (χ0n) is 14.6. The molecule has 0 spiro atoms. The Morgan fingerprint density at radius 2 is 1.79 bits per heavy atom. The van der Waals surface area contributed by atoms with E-state index in [0.717, 1.165) is 27.8 Å². The average Bonchev–Trinajstić information content (AvgIpc) is 2.80. The number of hydrogen-bond acceptors (Lipinski definition) is 3. The van der Waals surface area contributed by atoms with Crippen LogP contribution in [0.5, 0.6) is 5.75 Å². The van der Waals surface area contributed by atoms with Gasteiger partial charge in [-0.05, 0) is 42.9 Å². The van der Waals surface area contributed by atoms with E-state index >= 15 is 0 Å². The average molecular weight is 324 g/mol. The van der Waals surface area contributed by atoms with Gasteiger partial charge in [0.05, 0.1) is 12.0 Å². The van der Waals surface area contributed by atoms with E-state index in [1.165, 1.54) is 0 Å². The maximum Gasteiger partial charge on any atom is 0.249 e. The predicted molar refractivity (Wildman–Crippen MR) is 97.3 cm³/mol. The molecule has 3 rings (SSSR count). The fourth-order valence-electron chi connectivity index (χ4n) is 2.74. The van der Waals surface area contributed by atoms with Crippen molar-refractivity contribution < 1.29 is 9.53 Å². The summed E-state index contributed by atoms with van der Waals surface area (Å²) >= 11 is 0. The summed E-state index contributed by atoms with van der Waals surface area (Å²) in [5.74, 6) is 1.36. The molecular formula is C20H24N2O2. The molecule has 1 aliphatic rings. The van der Waals surface area contributed by atoms with Crippen molar-refractivity contribution in [1.29, 1.82) is 0 Å². The number of carbonyl (C=O) groups excluding carboxylic acids is 1. The molecule has 24 heavy (non-hydrogen) atoms. The van der Waals surface area contributed by atoms with Gasteiger partial charge in [-0.2, -0.15) is 0 Å². The van der Waals surface area contributed by atoms with Gasteiger partial charge in [0.15, 0.2) is 0 Å². The van der Waals surface area contributed by atoms with E-state index < -0.39 is 5.41 Å². The molecule has 0 atom stereocenters. The van der Waals surface area contributed by atoms with Crippen molar-refractivity contribution in [2.24, 2.45) is 11.3 Å². The van der Waals surface area contributed by atoms with Crippen molar-refractivity contribution in [2.75, 3.05) is 6.61 Å². The lowest BCUT2D eigenvalue weighted by Gasteiger charge is -2.15. The van der Waals surface area contributed by atoms with E-state index in [4.69, 9.17) is 4.74 Å². The normalized spacial score (nSPS) is 18.0. The summed E-state index contributed by atoms with van der Waals surface area (Å²) in [4.78, 5) is 11.9. The molecule has 4 heteroatoms. The summed E-state index contributed by atoms with van der Waals surface area (Å²) in [5, 5.41) is 2.20. The lowest BCUT2D eigenvalue weighted by Crippen LogP contribution is -2.28. The number of nitrogens with one attached hydrogen (secondary N) is 2. The fraction of sp³-hybridized carbons (Fsp3) is 0.350. The topological polar surface area (TPSA) is 50.4 Å². The van der Waals surface area contributed by atoms with Crippen molar-refractivity contribution in [3.63, 3.8) is 0 Å². The second-order valence-corrected chi connectivity index (χ2v) is 7.17.